The third kappa shape index (κ3) is 2.99. The molecule has 1 rings (SSSR count). The third-order valence-electron chi connectivity index (χ3n) is 2.76. The molecular weight excluding hydrogens is 164 g/mol. The van der Waals surface area contributed by atoms with E-state index in [-0.39, 0.29) is 11.8 Å². The van der Waals surface area contributed by atoms with Gasteiger partial charge in [0.05, 0.1) is 5.92 Å². The fraction of sp³-hybridized carbons (Fsp3) is 0.900. The summed E-state index contributed by atoms with van der Waals surface area (Å²) in [5.74, 6) is 0.444. The molecule has 1 unspecified atom stereocenters. The van der Waals surface area contributed by atoms with Crippen LogP contribution in [0.1, 0.15) is 33.1 Å². The first-order valence-corrected chi connectivity index (χ1v) is 5.29. The molecule has 1 atom stereocenters. The van der Waals surface area contributed by atoms with Gasteiger partial charge in [-0.3, -0.25) is 4.79 Å². The van der Waals surface area contributed by atoms with E-state index in [4.69, 9.17) is 0 Å². The Kier molecular flexibility index (Phi) is 4.22. The van der Waals surface area contributed by atoms with Gasteiger partial charge >= 0.3 is 0 Å². The lowest BCUT2D eigenvalue weighted by atomic mass is 10.1. The van der Waals surface area contributed by atoms with Gasteiger partial charge in [0.2, 0.25) is 5.91 Å². The summed E-state index contributed by atoms with van der Waals surface area (Å²) in [5.41, 5.74) is 0. The van der Waals surface area contributed by atoms with Crippen LogP contribution in [-0.4, -0.2) is 25.0 Å². The monoisotopic (exact) mass is 184 g/mol. The van der Waals surface area contributed by atoms with Crippen molar-refractivity contribution in [3.05, 3.63) is 0 Å². The summed E-state index contributed by atoms with van der Waals surface area (Å²) in [6.45, 7) is 6.07. The Balaban J connectivity index is 2.30. The highest BCUT2D eigenvalue weighted by Crippen LogP contribution is 2.08. The lowest BCUT2D eigenvalue weighted by Crippen LogP contribution is -2.38. The quantitative estimate of drug-likeness (QED) is 0.681. The van der Waals surface area contributed by atoms with Crippen molar-refractivity contribution in [3.8, 4) is 0 Å². The van der Waals surface area contributed by atoms with E-state index in [1.54, 1.807) is 0 Å². The maximum absolute atomic E-state index is 11.6. The predicted molar refractivity (Wildman–Crippen MR) is 53.5 cm³/mol. The molecule has 1 fully saturated rings. The molecule has 0 radical (unpaired) electrons. The first kappa shape index (κ1) is 10.5. The Bertz CT molecular complexity index is 160. The van der Waals surface area contributed by atoms with E-state index in [2.05, 4.69) is 24.5 Å². The topological polar surface area (TPSA) is 41.1 Å². The second kappa shape index (κ2) is 5.22. The Morgan fingerprint density at radius 1 is 1.54 bits per heavy atom. The van der Waals surface area contributed by atoms with E-state index in [9.17, 15) is 4.79 Å². The van der Waals surface area contributed by atoms with Crippen molar-refractivity contribution >= 4 is 5.91 Å². The molecule has 0 saturated carbocycles. The molecule has 0 aliphatic carbocycles. The van der Waals surface area contributed by atoms with Crippen LogP contribution in [0.2, 0.25) is 0 Å². The minimum atomic E-state index is 0.209. The fourth-order valence-electron chi connectivity index (χ4n) is 1.69. The van der Waals surface area contributed by atoms with Crippen LogP contribution >= 0.6 is 0 Å². The van der Waals surface area contributed by atoms with Gasteiger partial charge in [0.25, 0.3) is 0 Å². The number of carbonyl (C=O) groups excluding carboxylic acids is 1. The molecule has 76 valence electrons. The Morgan fingerprint density at radius 3 is 2.69 bits per heavy atom. The molecule has 0 aromatic rings. The first-order valence-electron chi connectivity index (χ1n) is 5.29. The number of hydrogen-bond donors (Lipinski definition) is 2. The molecule has 0 spiro atoms. The van der Waals surface area contributed by atoms with E-state index < -0.39 is 0 Å². The normalized spacial score (nSPS) is 22.2. The van der Waals surface area contributed by atoms with Gasteiger partial charge in [-0.2, -0.15) is 0 Å². The van der Waals surface area contributed by atoms with Gasteiger partial charge in [-0.25, -0.2) is 0 Å². The van der Waals surface area contributed by atoms with Crippen LogP contribution in [0.15, 0.2) is 0 Å². The summed E-state index contributed by atoms with van der Waals surface area (Å²) >= 11 is 0. The number of nitrogens with one attached hydrogen (secondary N) is 2. The van der Waals surface area contributed by atoms with Crippen molar-refractivity contribution in [1.29, 1.82) is 0 Å². The highest BCUT2D eigenvalue weighted by atomic mass is 16.2. The Hall–Kier alpha value is -0.570. The van der Waals surface area contributed by atoms with Crippen LogP contribution in [0, 0.1) is 5.92 Å². The van der Waals surface area contributed by atoms with E-state index in [0.29, 0.717) is 6.04 Å². The van der Waals surface area contributed by atoms with Crippen molar-refractivity contribution in [2.75, 3.05) is 13.1 Å². The van der Waals surface area contributed by atoms with Gasteiger partial charge < -0.3 is 10.6 Å². The van der Waals surface area contributed by atoms with E-state index in [0.717, 1.165) is 32.4 Å². The van der Waals surface area contributed by atoms with E-state index in [1.807, 2.05) is 0 Å². The maximum atomic E-state index is 11.6. The van der Waals surface area contributed by atoms with Gasteiger partial charge in [0.15, 0.2) is 0 Å². The van der Waals surface area contributed by atoms with Gasteiger partial charge in [-0.05, 0) is 25.8 Å². The summed E-state index contributed by atoms with van der Waals surface area (Å²) in [4.78, 5) is 11.6. The van der Waals surface area contributed by atoms with Crippen LogP contribution in [0.4, 0.5) is 0 Å². The average Bonchev–Trinajstić information content (AvgIpc) is 2.66. The highest BCUT2D eigenvalue weighted by Gasteiger charge is 2.23. The summed E-state index contributed by atoms with van der Waals surface area (Å²) in [6.07, 6.45) is 3.05. The van der Waals surface area contributed by atoms with Crippen molar-refractivity contribution in [2.45, 2.75) is 39.2 Å². The molecule has 3 heteroatoms. The zero-order chi connectivity index (χ0) is 9.68. The summed E-state index contributed by atoms with van der Waals surface area (Å²) < 4.78 is 0. The molecule has 1 saturated heterocycles. The lowest BCUT2D eigenvalue weighted by Gasteiger charge is -2.17. The molecule has 0 aromatic heterocycles. The molecule has 13 heavy (non-hydrogen) atoms. The van der Waals surface area contributed by atoms with E-state index in [1.165, 1.54) is 0 Å². The van der Waals surface area contributed by atoms with Gasteiger partial charge in [0, 0.05) is 12.6 Å². The molecule has 1 heterocycles. The molecule has 3 nitrogen and oxygen atoms in total. The molecule has 1 aliphatic rings. The standard InChI is InChI=1S/C10H20N2O/c1-3-9(4-2)12-10(13)8-5-6-11-7-8/h8-9,11H,3-7H2,1-2H3,(H,12,13). The molecule has 0 aromatic carbocycles. The summed E-state index contributed by atoms with van der Waals surface area (Å²) in [7, 11) is 0. The van der Waals surface area contributed by atoms with Crippen LogP contribution in [-0.2, 0) is 4.79 Å². The second-order valence-corrected chi connectivity index (χ2v) is 3.71. The predicted octanol–water partition coefficient (Wildman–Crippen LogP) is 0.901. The SMILES string of the molecule is CCC(CC)NC(=O)C1CCNC1. The number of carbonyl (C=O) groups is 1. The summed E-state index contributed by atoms with van der Waals surface area (Å²) in [5, 5.41) is 6.28. The maximum Gasteiger partial charge on any atom is 0.224 e. The molecule has 1 aliphatic heterocycles. The van der Waals surface area contributed by atoms with Crippen molar-refractivity contribution < 1.29 is 4.79 Å². The average molecular weight is 184 g/mol. The zero-order valence-corrected chi connectivity index (χ0v) is 8.60. The van der Waals surface area contributed by atoms with Crippen molar-refractivity contribution in [2.24, 2.45) is 5.92 Å². The third-order valence-corrected chi connectivity index (χ3v) is 2.76. The summed E-state index contributed by atoms with van der Waals surface area (Å²) in [6, 6.07) is 0.369. The zero-order valence-electron chi connectivity index (χ0n) is 8.60. The fourth-order valence-corrected chi connectivity index (χ4v) is 1.69. The largest absolute Gasteiger partial charge is 0.353 e. The number of rotatable bonds is 4. The van der Waals surface area contributed by atoms with E-state index >= 15 is 0 Å². The van der Waals surface area contributed by atoms with Gasteiger partial charge in [0.1, 0.15) is 0 Å². The molecular formula is C10H20N2O. The van der Waals surface area contributed by atoms with Gasteiger partial charge in [-0.1, -0.05) is 13.8 Å². The van der Waals surface area contributed by atoms with Crippen LogP contribution in [0.25, 0.3) is 0 Å². The molecule has 1 amide bonds. The van der Waals surface area contributed by atoms with Crippen LogP contribution in [0.3, 0.4) is 0 Å². The van der Waals surface area contributed by atoms with Crippen LogP contribution in [0.5, 0.6) is 0 Å². The first-order chi connectivity index (χ1) is 6.27. The van der Waals surface area contributed by atoms with Crippen LogP contribution < -0.4 is 10.6 Å². The van der Waals surface area contributed by atoms with Crippen molar-refractivity contribution in [1.82, 2.24) is 10.6 Å². The molecule has 2 N–H and O–H groups in total. The Labute approximate surface area is 80.3 Å². The lowest BCUT2D eigenvalue weighted by molar-refractivity contribution is -0.125. The highest BCUT2D eigenvalue weighted by molar-refractivity contribution is 5.79. The number of hydrogen-bond acceptors (Lipinski definition) is 2. The number of amides is 1. The smallest absolute Gasteiger partial charge is 0.224 e. The van der Waals surface area contributed by atoms with Gasteiger partial charge in [-0.15, -0.1) is 0 Å². The minimum Gasteiger partial charge on any atom is -0.353 e. The Morgan fingerprint density at radius 2 is 2.23 bits per heavy atom. The second-order valence-electron chi connectivity index (χ2n) is 3.71. The molecule has 0 bridgehead atoms. The minimum absolute atomic E-state index is 0.209. The van der Waals surface area contributed by atoms with Crippen molar-refractivity contribution in [3.63, 3.8) is 0 Å².